The molecule has 0 bridgehead atoms. The fraction of sp³-hybridized carbons (Fsp3) is 0.632. The smallest absolute Gasteiger partial charge is 0.213 e. The minimum Gasteiger partial charge on any atom is -0.357 e. The zero-order chi connectivity index (χ0) is 20.7. The van der Waals surface area contributed by atoms with E-state index in [9.17, 15) is 17.2 Å². The number of aliphatic imine (C=N–C) groups is 1. The molecule has 2 rings (SSSR count). The number of sulfonamides is 1. The second-order valence-electron chi connectivity index (χ2n) is 7.00. The van der Waals surface area contributed by atoms with Gasteiger partial charge in [0, 0.05) is 44.2 Å². The summed E-state index contributed by atoms with van der Waals surface area (Å²) in [6.07, 6.45) is 1.40. The number of guanidine groups is 1. The van der Waals surface area contributed by atoms with Crippen LogP contribution >= 0.6 is 0 Å². The first-order chi connectivity index (χ1) is 13.3. The standard InChI is InChI=1S/C19H30F2N4O2S/c1-4-22-19(23-13-14(3)17-7-6-15(20)12-18(17)21)24-16-8-10-25(11-9-16)28(26,27)5-2/h6-7,12,14,16H,4-5,8-11,13H2,1-3H3,(H2,22,23,24). The van der Waals surface area contributed by atoms with Crippen molar-refractivity contribution in [3.8, 4) is 0 Å². The Balaban J connectivity index is 1.95. The molecule has 1 unspecified atom stereocenters. The first-order valence-corrected chi connectivity index (χ1v) is 11.3. The van der Waals surface area contributed by atoms with Crippen molar-refractivity contribution in [1.82, 2.24) is 14.9 Å². The average Bonchev–Trinajstić information content (AvgIpc) is 2.66. The number of benzene rings is 1. The summed E-state index contributed by atoms with van der Waals surface area (Å²) < 4.78 is 52.5. The Morgan fingerprint density at radius 1 is 1.29 bits per heavy atom. The molecule has 0 saturated carbocycles. The summed E-state index contributed by atoms with van der Waals surface area (Å²) in [6, 6.07) is 3.71. The molecule has 9 heteroatoms. The van der Waals surface area contributed by atoms with E-state index in [0.717, 1.165) is 6.07 Å². The van der Waals surface area contributed by atoms with Crippen molar-refractivity contribution in [3.05, 3.63) is 35.4 Å². The lowest BCUT2D eigenvalue weighted by atomic mass is 10.0. The van der Waals surface area contributed by atoms with Gasteiger partial charge in [-0.05, 0) is 38.3 Å². The lowest BCUT2D eigenvalue weighted by molar-refractivity contribution is 0.306. The van der Waals surface area contributed by atoms with E-state index in [4.69, 9.17) is 0 Å². The molecule has 0 amide bonds. The van der Waals surface area contributed by atoms with Crippen molar-refractivity contribution in [3.63, 3.8) is 0 Å². The van der Waals surface area contributed by atoms with Gasteiger partial charge in [-0.1, -0.05) is 13.0 Å². The van der Waals surface area contributed by atoms with Gasteiger partial charge in [0.05, 0.1) is 5.75 Å². The topological polar surface area (TPSA) is 73.8 Å². The molecule has 1 aromatic rings. The summed E-state index contributed by atoms with van der Waals surface area (Å²) in [7, 11) is -3.15. The Hall–Kier alpha value is -1.74. The predicted molar refractivity (Wildman–Crippen MR) is 108 cm³/mol. The minimum atomic E-state index is -3.15. The molecule has 6 nitrogen and oxygen atoms in total. The quantitative estimate of drug-likeness (QED) is 0.529. The summed E-state index contributed by atoms with van der Waals surface area (Å²) in [4.78, 5) is 4.53. The molecule has 1 aromatic carbocycles. The molecule has 1 fully saturated rings. The third-order valence-corrected chi connectivity index (χ3v) is 6.80. The Bertz CT molecular complexity index is 778. The van der Waals surface area contributed by atoms with E-state index >= 15 is 0 Å². The van der Waals surface area contributed by atoms with Gasteiger partial charge in [-0.15, -0.1) is 0 Å². The van der Waals surface area contributed by atoms with Crippen LogP contribution in [0.25, 0.3) is 0 Å². The Morgan fingerprint density at radius 3 is 2.54 bits per heavy atom. The maximum absolute atomic E-state index is 13.9. The van der Waals surface area contributed by atoms with Crippen molar-refractivity contribution in [2.75, 3.05) is 31.9 Å². The Labute approximate surface area is 166 Å². The third kappa shape index (κ3) is 6.13. The van der Waals surface area contributed by atoms with Gasteiger partial charge in [0.25, 0.3) is 0 Å². The number of nitrogens with one attached hydrogen (secondary N) is 2. The van der Waals surface area contributed by atoms with E-state index in [-0.39, 0.29) is 17.7 Å². The van der Waals surface area contributed by atoms with Gasteiger partial charge in [0.1, 0.15) is 11.6 Å². The molecule has 0 spiro atoms. The molecule has 0 radical (unpaired) electrons. The number of hydrogen-bond acceptors (Lipinski definition) is 3. The van der Waals surface area contributed by atoms with E-state index in [1.807, 2.05) is 13.8 Å². The van der Waals surface area contributed by atoms with Crippen LogP contribution in [0.15, 0.2) is 23.2 Å². The molecule has 1 aliphatic rings. The SMILES string of the molecule is CCNC(=NCC(C)c1ccc(F)cc1F)NC1CCN(S(=O)(=O)CC)CC1. The highest BCUT2D eigenvalue weighted by molar-refractivity contribution is 7.89. The number of halogens is 2. The molecule has 0 aliphatic carbocycles. The van der Waals surface area contributed by atoms with Gasteiger partial charge in [0.15, 0.2) is 5.96 Å². The maximum atomic E-state index is 13.9. The van der Waals surface area contributed by atoms with E-state index in [2.05, 4.69) is 15.6 Å². The molecule has 1 atom stereocenters. The van der Waals surface area contributed by atoms with Crippen LogP contribution in [0.4, 0.5) is 8.78 Å². The molecule has 2 N–H and O–H groups in total. The molecule has 158 valence electrons. The number of rotatable bonds is 7. The summed E-state index contributed by atoms with van der Waals surface area (Å²) in [6.45, 7) is 7.46. The van der Waals surface area contributed by atoms with E-state index in [1.54, 1.807) is 6.92 Å². The predicted octanol–water partition coefficient (Wildman–Crippen LogP) is 2.44. The molecule has 1 saturated heterocycles. The van der Waals surface area contributed by atoms with E-state index in [0.29, 0.717) is 50.5 Å². The van der Waals surface area contributed by atoms with Gasteiger partial charge >= 0.3 is 0 Å². The lowest BCUT2D eigenvalue weighted by Gasteiger charge is -2.32. The van der Waals surface area contributed by atoms with Gasteiger partial charge in [-0.3, -0.25) is 4.99 Å². The highest BCUT2D eigenvalue weighted by Gasteiger charge is 2.27. The molecule has 1 heterocycles. The van der Waals surface area contributed by atoms with Crippen LogP contribution < -0.4 is 10.6 Å². The molecule has 1 aliphatic heterocycles. The largest absolute Gasteiger partial charge is 0.357 e. The second kappa shape index (κ2) is 10.2. The normalized spacial score (nSPS) is 18.1. The number of piperidine rings is 1. The Morgan fingerprint density at radius 2 is 1.96 bits per heavy atom. The highest BCUT2D eigenvalue weighted by Crippen LogP contribution is 2.20. The van der Waals surface area contributed by atoms with Crippen LogP contribution in [0.3, 0.4) is 0 Å². The summed E-state index contributed by atoms with van der Waals surface area (Å²) in [5.41, 5.74) is 0.430. The minimum absolute atomic E-state index is 0.118. The molecule has 28 heavy (non-hydrogen) atoms. The van der Waals surface area contributed by atoms with Crippen molar-refractivity contribution < 1.29 is 17.2 Å². The zero-order valence-corrected chi connectivity index (χ0v) is 17.5. The summed E-state index contributed by atoms with van der Waals surface area (Å²) in [5, 5.41) is 6.51. The third-order valence-electron chi connectivity index (χ3n) is 4.91. The fourth-order valence-corrected chi connectivity index (χ4v) is 4.33. The Kier molecular flexibility index (Phi) is 8.18. The monoisotopic (exact) mass is 416 g/mol. The van der Waals surface area contributed by atoms with Gasteiger partial charge < -0.3 is 10.6 Å². The van der Waals surface area contributed by atoms with Crippen LogP contribution in [0.2, 0.25) is 0 Å². The summed E-state index contributed by atoms with van der Waals surface area (Å²) >= 11 is 0. The van der Waals surface area contributed by atoms with Crippen LogP contribution in [-0.4, -0.2) is 56.7 Å². The van der Waals surface area contributed by atoms with E-state index in [1.165, 1.54) is 16.4 Å². The zero-order valence-electron chi connectivity index (χ0n) is 16.7. The van der Waals surface area contributed by atoms with Gasteiger partial charge in [-0.2, -0.15) is 0 Å². The van der Waals surface area contributed by atoms with E-state index < -0.39 is 21.7 Å². The van der Waals surface area contributed by atoms with Crippen molar-refractivity contribution >= 4 is 16.0 Å². The van der Waals surface area contributed by atoms with Crippen LogP contribution in [-0.2, 0) is 10.0 Å². The number of nitrogens with zero attached hydrogens (tertiary/aromatic N) is 2. The molecule has 0 aromatic heterocycles. The van der Waals surface area contributed by atoms with Crippen molar-refractivity contribution in [2.24, 2.45) is 4.99 Å². The van der Waals surface area contributed by atoms with Gasteiger partial charge in [-0.25, -0.2) is 21.5 Å². The average molecular weight is 417 g/mol. The second-order valence-corrected chi connectivity index (χ2v) is 9.26. The maximum Gasteiger partial charge on any atom is 0.213 e. The first-order valence-electron chi connectivity index (χ1n) is 9.74. The van der Waals surface area contributed by atoms with Crippen molar-refractivity contribution in [2.45, 2.75) is 45.6 Å². The fourth-order valence-electron chi connectivity index (χ4n) is 3.20. The van der Waals surface area contributed by atoms with Crippen molar-refractivity contribution in [1.29, 1.82) is 0 Å². The van der Waals surface area contributed by atoms with Crippen LogP contribution in [0.5, 0.6) is 0 Å². The molecular weight excluding hydrogens is 386 g/mol. The van der Waals surface area contributed by atoms with Crippen LogP contribution in [0, 0.1) is 11.6 Å². The first kappa shape index (κ1) is 22.5. The van der Waals surface area contributed by atoms with Gasteiger partial charge in [0.2, 0.25) is 10.0 Å². The lowest BCUT2D eigenvalue weighted by Crippen LogP contribution is -2.50. The number of hydrogen-bond donors (Lipinski definition) is 2. The molecular formula is C19H30F2N4O2S. The summed E-state index contributed by atoms with van der Waals surface area (Å²) in [5.74, 6) is -0.623. The van der Waals surface area contributed by atoms with Crippen LogP contribution in [0.1, 0.15) is 45.1 Å². The highest BCUT2D eigenvalue weighted by atomic mass is 32.2.